The number of aliphatic hydroxyl groups is 2. The molecule has 3 unspecified atom stereocenters. The molecule has 0 saturated carbocycles. The zero-order valence-electron chi connectivity index (χ0n) is 13.1. The van der Waals surface area contributed by atoms with Gasteiger partial charge >= 0.3 is 13.5 Å². The van der Waals surface area contributed by atoms with E-state index < -0.39 is 44.1 Å². The molecule has 0 aliphatic carbocycles. The van der Waals surface area contributed by atoms with Gasteiger partial charge in [0.15, 0.2) is 6.23 Å². The Labute approximate surface area is 136 Å². The van der Waals surface area contributed by atoms with Crippen LogP contribution in [-0.2, 0) is 13.8 Å². The number of aromatic amines is 1. The number of H-pyrrole nitrogens is 1. The number of hydrogen-bond acceptors (Lipinski definition) is 7. The van der Waals surface area contributed by atoms with Crippen LogP contribution in [0, 0.1) is 0 Å². The van der Waals surface area contributed by atoms with Crippen molar-refractivity contribution >= 4 is 7.82 Å². The predicted octanol–water partition coefficient (Wildman–Crippen LogP) is -1.32. The van der Waals surface area contributed by atoms with Crippen molar-refractivity contribution in [2.24, 2.45) is 0 Å². The van der Waals surface area contributed by atoms with E-state index in [1.165, 1.54) is 0 Å². The number of aliphatic hydroxyl groups excluding tert-OH is 2. The van der Waals surface area contributed by atoms with Crippen LogP contribution in [0.15, 0.2) is 21.9 Å². The van der Waals surface area contributed by atoms with E-state index in [-0.39, 0.29) is 12.5 Å². The molecule has 5 N–H and O–H groups in total. The first-order valence-corrected chi connectivity index (χ1v) is 8.55. The Kier molecular flexibility index (Phi) is 7.49. The van der Waals surface area contributed by atoms with Crippen LogP contribution in [0.25, 0.3) is 0 Å². The lowest BCUT2D eigenvalue weighted by molar-refractivity contribution is -0.0873. The van der Waals surface area contributed by atoms with Crippen molar-refractivity contribution in [1.82, 2.24) is 9.55 Å². The van der Waals surface area contributed by atoms with Crippen LogP contribution >= 0.6 is 7.82 Å². The summed E-state index contributed by atoms with van der Waals surface area (Å²) < 4.78 is 21.2. The van der Waals surface area contributed by atoms with Gasteiger partial charge in [-0.05, 0) is 13.8 Å². The zero-order chi connectivity index (χ0) is 18.5. The van der Waals surface area contributed by atoms with E-state index in [1.54, 1.807) is 13.8 Å². The third kappa shape index (κ3) is 7.05. The van der Waals surface area contributed by atoms with Gasteiger partial charge in [0.2, 0.25) is 0 Å². The monoisotopic (exact) mass is 368 g/mol. The summed E-state index contributed by atoms with van der Waals surface area (Å²) in [5.74, 6) is 0. The van der Waals surface area contributed by atoms with Crippen molar-refractivity contribution in [3.05, 3.63) is 33.1 Å². The maximum atomic E-state index is 11.6. The van der Waals surface area contributed by atoms with Gasteiger partial charge in [0.05, 0.1) is 18.8 Å². The van der Waals surface area contributed by atoms with Crippen LogP contribution in [0.1, 0.15) is 26.5 Å². The molecule has 24 heavy (non-hydrogen) atoms. The van der Waals surface area contributed by atoms with E-state index in [2.05, 4.69) is 4.52 Å². The second kappa shape index (κ2) is 8.67. The number of ether oxygens (including phenoxy) is 1. The van der Waals surface area contributed by atoms with Crippen molar-refractivity contribution in [2.45, 2.75) is 44.8 Å². The first kappa shape index (κ1) is 20.7. The summed E-state index contributed by atoms with van der Waals surface area (Å²) in [7, 11) is -4.72. The lowest BCUT2D eigenvalue weighted by atomic mass is 10.1. The van der Waals surface area contributed by atoms with Gasteiger partial charge in [-0.1, -0.05) is 0 Å². The van der Waals surface area contributed by atoms with Gasteiger partial charge in [-0.25, -0.2) is 9.36 Å². The Hall–Kier alpha value is -1.33. The maximum absolute atomic E-state index is 11.6. The van der Waals surface area contributed by atoms with E-state index >= 15 is 0 Å². The Morgan fingerprint density at radius 2 is 1.92 bits per heavy atom. The average molecular weight is 368 g/mol. The molecule has 0 aromatic carbocycles. The second-order valence-electron chi connectivity index (χ2n) is 5.33. The van der Waals surface area contributed by atoms with Crippen molar-refractivity contribution in [3.8, 4) is 0 Å². The van der Waals surface area contributed by atoms with Gasteiger partial charge in [0, 0.05) is 18.7 Å². The summed E-state index contributed by atoms with van der Waals surface area (Å²) in [6, 6.07) is 0.996. The van der Waals surface area contributed by atoms with Crippen LogP contribution < -0.4 is 11.2 Å². The molecule has 11 nitrogen and oxygen atoms in total. The molecule has 0 saturated heterocycles. The molecule has 0 aliphatic rings. The highest BCUT2D eigenvalue weighted by molar-refractivity contribution is 7.46. The Bertz CT molecular complexity index is 680. The smallest absolute Gasteiger partial charge is 0.388 e. The van der Waals surface area contributed by atoms with E-state index in [9.17, 15) is 24.4 Å². The zero-order valence-corrected chi connectivity index (χ0v) is 14.0. The van der Waals surface area contributed by atoms with Crippen molar-refractivity contribution < 1.29 is 33.8 Å². The fourth-order valence-electron chi connectivity index (χ4n) is 1.94. The van der Waals surface area contributed by atoms with E-state index in [4.69, 9.17) is 14.5 Å². The van der Waals surface area contributed by atoms with E-state index in [1.807, 2.05) is 4.98 Å². The lowest BCUT2D eigenvalue weighted by Crippen LogP contribution is -2.38. The molecule has 1 aromatic heterocycles. The Morgan fingerprint density at radius 1 is 1.29 bits per heavy atom. The maximum Gasteiger partial charge on any atom is 0.469 e. The number of nitrogens with one attached hydrogen (secondary N) is 1. The molecule has 12 heteroatoms. The molecule has 0 aliphatic heterocycles. The van der Waals surface area contributed by atoms with Crippen LogP contribution in [-0.4, -0.2) is 54.5 Å². The third-order valence-corrected chi connectivity index (χ3v) is 3.36. The van der Waals surface area contributed by atoms with Gasteiger partial charge < -0.3 is 24.7 Å². The number of hydrogen-bond donors (Lipinski definition) is 5. The molecular weight excluding hydrogens is 347 g/mol. The van der Waals surface area contributed by atoms with Gasteiger partial charge in [-0.2, -0.15) is 0 Å². The molecule has 1 aromatic rings. The van der Waals surface area contributed by atoms with Crippen molar-refractivity contribution in [1.29, 1.82) is 0 Å². The van der Waals surface area contributed by atoms with Crippen LogP contribution in [0.3, 0.4) is 0 Å². The van der Waals surface area contributed by atoms with E-state index in [0.717, 1.165) is 12.3 Å². The minimum atomic E-state index is -4.72. The first-order chi connectivity index (χ1) is 11.0. The summed E-state index contributed by atoms with van der Waals surface area (Å²) in [6.07, 6.45) is -3.75. The Morgan fingerprint density at radius 3 is 2.42 bits per heavy atom. The summed E-state index contributed by atoms with van der Waals surface area (Å²) in [6.45, 7) is 2.81. The van der Waals surface area contributed by atoms with Crippen LogP contribution in [0.5, 0.6) is 0 Å². The molecule has 0 fully saturated rings. The first-order valence-electron chi connectivity index (χ1n) is 7.02. The topological polar surface area (TPSA) is 171 Å². The SMILES string of the molecule is CC(C)OC(COP(=O)(O)O)CC(O)C(O)n1ccc(=O)[nH]c1=O. The minimum absolute atomic E-state index is 0.273. The fourth-order valence-corrected chi connectivity index (χ4v) is 2.30. The van der Waals surface area contributed by atoms with E-state index in [0.29, 0.717) is 4.57 Å². The van der Waals surface area contributed by atoms with Gasteiger partial charge in [-0.3, -0.25) is 18.9 Å². The van der Waals surface area contributed by atoms with Crippen LogP contribution in [0.4, 0.5) is 0 Å². The molecule has 0 spiro atoms. The molecule has 138 valence electrons. The quantitative estimate of drug-likeness (QED) is 0.332. The average Bonchev–Trinajstić information content (AvgIpc) is 2.42. The molecular formula is C12H21N2O9P. The summed E-state index contributed by atoms with van der Waals surface area (Å²) in [4.78, 5) is 42.0. The highest BCUT2D eigenvalue weighted by atomic mass is 31.2. The lowest BCUT2D eigenvalue weighted by Gasteiger charge is -2.26. The van der Waals surface area contributed by atoms with Gasteiger partial charge in [0.1, 0.15) is 6.10 Å². The standard InChI is InChI=1S/C12H21N2O9P/c1-7(2)23-8(6-22-24(19,20)21)5-9(15)11(17)14-4-3-10(16)13-12(14)18/h3-4,7-9,11,15,17H,5-6H2,1-2H3,(H,13,16,18)(H2,19,20,21). The molecule has 1 rings (SSSR count). The fraction of sp³-hybridized carbons (Fsp3) is 0.667. The van der Waals surface area contributed by atoms with Crippen molar-refractivity contribution in [3.63, 3.8) is 0 Å². The number of phosphoric ester groups is 1. The molecule has 1 heterocycles. The Balaban J connectivity index is 2.81. The highest BCUT2D eigenvalue weighted by Crippen LogP contribution is 2.36. The molecule has 0 amide bonds. The largest absolute Gasteiger partial charge is 0.469 e. The number of phosphoric acid groups is 1. The summed E-state index contributed by atoms with van der Waals surface area (Å²) in [5, 5.41) is 20.1. The van der Waals surface area contributed by atoms with Gasteiger partial charge in [-0.15, -0.1) is 0 Å². The number of rotatable bonds is 9. The van der Waals surface area contributed by atoms with Crippen LogP contribution in [0.2, 0.25) is 0 Å². The third-order valence-electron chi connectivity index (χ3n) is 2.88. The predicted molar refractivity (Wildman–Crippen MR) is 81.2 cm³/mol. The van der Waals surface area contributed by atoms with Crippen molar-refractivity contribution in [2.75, 3.05) is 6.61 Å². The molecule has 0 bridgehead atoms. The summed E-state index contributed by atoms with van der Waals surface area (Å²) >= 11 is 0. The minimum Gasteiger partial charge on any atom is -0.388 e. The number of nitrogens with zero attached hydrogens (tertiary/aromatic N) is 1. The number of aromatic nitrogens is 2. The highest BCUT2D eigenvalue weighted by Gasteiger charge is 2.27. The normalized spacial score (nSPS) is 16.1. The second-order valence-corrected chi connectivity index (χ2v) is 6.57. The molecule has 3 atom stereocenters. The summed E-state index contributed by atoms with van der Waals surface area (Å²) in [5.41, 5.74) is -1.57. The van der Waals surface area contributed by atoms with Gasteiger partial charge in [0.25, 0.3) is 5.56 Å². The molecule has 0 radical (unpaired) electrons.